The standard InChI is InChI=1S/C28H60NO7PSi3.2C3H7.Ni/c1-10-38(11-2,12-3)34-26-24(22-30)33-25(23-32-37-31-21-19-20-29)27(35-39(13-4,14-5)15-6)28(26)36-40(16-7,17-8)18-9;2*1-3-2;/h24-28,30,37H,10-19,21-23H2,1-9H3;2*1,3H2,2H3;/q;2*-1;+2/t24-,25?,26+,27+,28+;;;/m1.../s1. The normalized spacial score (nSPS) is 21.7. The molecule has 2 unspecified atom stereocenters. The van der Waals surface area contributed by atoms with Gasteiger partial charge in [0.1, 0.15) is 30.5 Å². The second kappa shape index (κ2) is 30.4. The molecule has 1 saturated heterocycles. The summed E-state index contributed by atoms with van der Waals surface area (Å²) in [5.74, 6) is 0. The zero-order valence-electron chi connectivity index (χ0n) is 32.1. The molecule has 1 aliphatic heterocycles. The minimum atomic E-state index is -2.09. The van der Waals surface area contributed by atoms with Crippen molar-refractivity contribution in [2.24, 2.45) is 0 Å². The van der Waals surface area contributed by atoms with Crippen molar-refractivity contribution in [1.82, 2.24) is 0 Å². The zero-order valence-corrected chi connectivity index (χ0v) is 37.1. The van der Waals surface area contributed by atoms with Gasteiger partial charge < -0.3 is 46.0 Å². The van der Waals surface area contributed by atoms with Crippen LogP contribution in [0.3, 0.4) is 0 Å². The van der Waals surface area contributed by atoms with Crippen molar-refractivity contribution in [2.75, 3.05) is 19.8 Å². The SMILES string of the molecule is CC[Si](CC)(CC)O[C@@H]1[C@H](O[Si](CC)(CC)CC)[C@@H](O[Si](CC)(CC)CC)C(COPOCCC#N)O[C@@H]1CO.[CH2-]CC.[CH2-]CC.[Ni+2]. The molecule has 0 saturated carbocycles. The van der Waals surface area contributed by atoms with Crippen LogP contribution in [0.15, 0.2) is 0 Å². The van der Waals surface area contributed by atoms with Gasteiger partial charge in [-0.3, -0.25) is 0 Å². The number of aliphatic hydroxyl groups is 1. The molecular formula is C34H74NNiO7PSi3. The van der Waals surface area contributed by atoms with E-state index in [2.05, 4.69) is 82.2 Å². The van der Waals surface area contributed by atoms with Gasteiger partial charge in [-0.2, -0.15) is 18.1 Å². The molecule has 0 aromatic rings. The van der Waals surface area contributed by atoms with Crippen LogP contribution in [0.5, 0.6) is 0 Å². The molecule has 13 heteroatoms. The molecule has 1 aliphatic rings. The van der Waals surface area contributed by atoms with Gasteiger partial charge in [-0.05, 0) is 54.4 Å². The number of aliphatic hydroxyl groups excluding tert-OH is 1. The van der Waals surface area contributed by atoms with Crippen LogP contribution in [0.2, 0.25) is 54.4 Å². The predicted molar refractivity (Wildman–Crippen MR) is 204 cm³/mol. The first-order valence-electron chi connectivity index (χ1n) is 18.3. The van der Waals surface area contributed by atoms with Crippen LogP contribution in [0.1, 0.15) is 95.4 Å². The maximum absolute atomic E-state index is 10.6. The van der Waals surface area contributed by atoms with Crippen LogP contribution in [-0.4, -0.2) is 80.4 Å². The number of nitriles is 1. The molecule has 8 nitrogen and oxygen atoms in total. The minimum absolute atomic E-state index is 0. The molecule has 0 aromatic heterocycles. The first kappa shape index (κ1) is 52.1. The minimum Gasteiger partial charge on any atom is -0.409 e. The van der Waals surface area contributed by atoms with E-state index in [0.29, 0.717) is 13.0 Å². The topological polar surface area (TPSA) is 99.4 Å². The molecular weight excluding hydrogens is 708 g/mol. The fraction of sp³-hybridized carbons (Fsp3) is 0.912. The Morgan fingerprint density at radius 3 is 1.30 bits per heavy atom. The largest absolute Gasteiger partial charge is 2.00 e. The summed E-state index contributed by atoms with van der Waals surface area (Å²) in [7, 11) is -6.42. The van der Waals surface area contributed by atoms with Gasteiger partial charge in [0.15, 0.2) is 34.0 Å². The third-order valence-corrected chi connectivity index (χ3v) is 24.1. The summed E-state index contributed by atoms with van der Waals surface area (Å²) >= 11 is 0. The number of rotatable bonds is 22. The smallest absolute Gasteiger partial charge is 0.409 e. The monoisotopic (exact) mass is 781 g/mol. The molecule has 0 radical (unpaired) electrons. The van der Waals surface area contributed by atoms with E-state index < -0.39 is 37.2 Å². The summed E-state index contributed by atoms with van der Waals surface area (Å²) in [6.07, 6.45) is 0.330. The number of nitrogens with zero attached hydrogens (tertiary/aromatic N) is 1. The Balaban J connectivity index is -0.00000255. The Morgan fingerprint density at radius 2 is 0.979 bits per heavy atom. The van der Waals surface area contributed by atoms with Crippen LogP contribution in [0.25, 0.3) is 0 Å². The third-order valence-electron chi connectivity index (χ3n) is 9.55. The Morgan fingerprint density at radius 1 is 0.638 bits per heavy atom. The first-order chi connectivity index (χ1) is 22.0. The maximum atomic E-state index is 10.6. The molecule has 0 bridgehead atoms. The number of hydrogen-bond donors (Lipinski definition) is 1. The van der Waals surface area contributed by atoms with Crippen LogP contribution >= 0.6 is 9.03 Å². The van der Waals surface area contributed by atoms with E-state index in [1.54, 1.807) is 0 Å². The van der Waals surface area contributed by atoms with Crippen molar-refractivity contribution in [3.63, 3.8) is 0 Å². The Kier molecular flexibility index (Phi) is 33.7. The van der Waals surface area contributed by atoms with Crippen LogP contribution in [-0.2, 0) is 43.6 Å². The summed E-state index contributed by atoms with van der Waals surface area (Å²) in [6.45, 7) is 31.6. The van der Waals surface area contributed by atoms with Crippen molar-refractivity contribution in [3.05, 3.63) is 13.8 Å². The Labute approximate surface area is 306 Å². The van der Waals surface area contributed by atoms with E-state index in [-0.39, 0.29) is 57.1 Å². The molecule has 0 aliphatic carbocycles. The van der Waals surface area contributed by atoms with Gasteiger partial charge in [0.2, 0.25) is 0 Å². The van der Waals surface area contributed by atoms with Gasteiger partial charge in [-0.25, -0.2) is 0 Å². The van der Waals surface area contributed by atoms with Crippen LogP contribution < -0.4 is 0 Å². The van der Waals surface area contributed by atoms with E-state index in [1.165, 1.54) is 0 Å². The fourth-order valence-corrected chi connectivity index (χ4v) is 14.9. The Bertz CT molecular complexity index is 733. The molecule has 284 valence electrons. The van der Waals surface area contributed by atoms with Crippen LogP contribution in [0, 0.1) is 25.2 Å². The average molecular weight is 783 g/mol. The van der Waals surface area contributed by atoms with E-state index in [0.717, 1.165) is 67.2 Å². The predicted octanol–water partition coefficient (Wildman–Crippen LogP) is 9.83. The quantitative estimate of drug-likeness (QED) is 0.0502. The first-order valence-corrected chi connectivity index (χ1v) is 26.7. The second-order valence-electron chi connectivity index (χ2n) is 12.0. The summed E-state index contributed by atoms with van der Waals surface area (Å²) < 4.78 is 39.9. The second-order valence-corrected chi connectivity index (χ2v) is 26.9. The molecule has 1 heterocycles. The summed E-state index contributed by atoms with van der Waals surface area (Å²) in [4.78, 5) is 0. The maximum Gasteiger partial charge on any atom is 2.00 e. The number of ether oxygens (including phenoxy) is 1. The molecule has 1 fully saturated rings. The molecule has 1 N–H and O–H groups in total. The zero-order chi connectivity index (χ0) is 35.7. The van der Waals surface area contributed by atoms with Gasteiger partial charge in [0.25, 0.3) is 0 Å². The Hall–Kier alpha value is 0.784. The molecule has 47 heavy (non-hydrogen) atoms. The van der Waals surface area contributed by atoms with Crippen molar-refractivity contribution in [1.29, 1.82) is 5.26 Å². The van der Waals surface area contributed by atoms with E-state index >= 15 is 0 Å². The number of hydrogen-bond acceptors (Lipinski definition) is 8. The van der Waals surface area contributed by atoms with E-state index in [9.17, 15) is 5.11 Å². The van der Waals surface area contributed by atoms with Crippen molar-refractivity contribution < 1.29 is 48.7 Å². The average Bonchev–Trinajstić information content (AvgIpc) is 3.08. The van der Waals surface area contributed by atoms with E-state index in [4.69, 9.17) is 32.3 Å². The van der Waals surface area contributed by atoms with Gasteiger partial charge in [-0.15, -0.1) is 0 Å². The van der Waals surface area contributed by atoms with Crippen molar-refractivity contribution in [3.8, 4) is 6.07 Å². The third kappa shape index (κ3) is 17.7. The summed E-state index contributed by atoms with van der Waals surface area (Å²) in [6, 6.07) is 11.2. The molecule has 0 spiro atoms. The van der Waals surface area contributed by atoms with Gasteiger partial charge in [0.05, 0.1) is 32.3 Å². The molecule has 0 aromatic carbocycles. The molecule has 1 rings (SSSR count). The molecule has 0 amide bonds. The summed E-state index contributed by atoms with van der Waals surface area (Å²) in [5.41, 5.74) is 0. The van der Waals surface area contributed by atoms with Gasteiger partial charge in [-0.1, -0.05) is 76.2 Å². The fourth-order valence-electron chi connectivity index (χ4n) is 5.85. The molecule has 6 atom stereocenters. The van der Waals surface area contributed by atoms with Crippen molar-refractivity contribution in [2.45, 2.75) is 180 Å². The van der Waals surface area contributed by atoms with Crippen molar-refractivity contribution >= 4 is 34.0 Å². The van der Waals surface area contributed by atoms with Gasteiger partial charge >= 0.3 is 16.5 Å². The van der Waals surface area contributed by atoms with E-state index in [1.807, 2.05) is 13.8 Å². The van der Waals surface area contributed by atoms with Gasteiger partial charge in [0, 0.05) is 0 Å². The van der Waals surface area contributed by atoms with Crippen LogP contribution in [0.4, 0.5) is 0 Å². The summed E-state index contributed by atoms with van der Waals surface area (Å²) in [5, 5.41) is 19.4.